The lowest BCUT2D eigenvalue weighted by atomic mass is 10.2. The third-order valence-electron chi connectivity index (χ3n) is 3.00. The summed E-state index contributed by atoms with van der Waals surface area (Å²) >= 11 is 0. The van der Waals surface area contributed by atoms with Crippen LogP contribution in [0.2, 0.25) is 0 Å². The molecule has 2 heterocycles. The second-order valence-corrected chi connectivity index (χ2v) is 4.30. The molecule has 0 radical (unpaired) electrons. The molecule has 3 rings (SSSR count). The Morgan fingerprint density at radius 2 is 2.11 bits per heavy atom. The van der Waals surface area contributed by atoms with Crippen LogP contribution in [0.4, 0.5) is 0 Å². The number of amides is 1. The summed E-state index contributed by atoms with van der Waals surface area (Å²) in [6.45, 7) is 1.19. The van der Waals surface area contributed by atoms with Crippen LogP contribution < -0.4 is 0 Å². The van der Waals surface area contributed by atoms with E-state index < -0.39 is 0 Å². The highest BCUT2D eigenvalue weighted by Gasteiger charge is 2.22. The van der Waals surface area contributed by atoms with Gasteiger partial charge in [0.15, 0.2) is 0 Å². The van der Waals surface area contributed by atoms with Gasteiger partial charge in [-0.1, -0.05) is 35.5 Å². The predicted molar refractivity (Wildman–Crippen MR) is 64.4 cm³/mol. The summed E-state index contributed by atoms with van der Waals surface area (Å²) in [4.78, 5) is 17.6. The monoisotopic (exact) mass is 243 g/mol. The Hall–Kier alpha value is -2.17. The molecule has 0 aliphatic carbocycles. The molecule has 1 aromatic heterocycles. The van der Waals surface area contributed by atoms with Gasteiger partial charge in [0.25, 0.3) is 0 Å². The van der Waals surface area contributed by atoms with Gasteiger partial charge in [-0.15, -0.1) is 0 Å². The third-order valence-corrected chi connectivity index (χ3v) is 3.00. The zero-order valence-corrected chi connectivity index (χ0v) is 9.87. The van der Waals surface area contributed by atoms with Gasteiger partial charge in [-0.2, -0.15) is 4.98 Å². The van der Waals surface area contributed by atoms with Gasteiger partial charge in [0, 0.05) is 18.5 Å². The molecule has 0 N–H and O–H groups in total. The highest BCUT2D eigenvalue weighted by Crippen LogP contribution is 2.17. The van der Waals surface area contributed by atoms with E-state index in [0.29, 0.717) is 24.7 Å². The van der Waals surface area contributed by atoms with E-state index in [9.17, 15) is 4.79 Å². The molecule has 5 heteroatoms. The van der Waals surface area contributed by atoms with Crippen LogP contribution >= 0.6 is 0 Å². The van der Waals surface area contributed by atoms with Crippen molar-refractivity contribution in [2.24, 2.45) is 0 Å². The standard InChI is InChI=1S/C13H13N3O2/c17-12-7-4-8-16(12)9-11-14-13(15-18-11)10-5-2-1-3-6-10/h1-3,5-6H,4,7-9H2. The Balaban J connectivity index is 1.76. The van der Waals surface area contributed by atoms with Gasteiger partial charge in [0.2, 0.25) is 17.6 Å². The quantitative estimate of drug-likeness (QED) is 0.825. The van der Waals surface area contributed by atoms with E-state index in [2.05, 4.69) is 10.1 Å². The fourth-order valence-electron chi connectivity index (χ4n) is 2.06. The number of aromatic nitrogens is 2. The van der Waals surface area contributed by atoms with E-state index in [1.165, 1.54) is 0 Å². The molecule has 0 spiro atoms. The Bertz CT molecular complexity index is 550. The smallest absolute Gasteiger partial charge is 0.246 e. The first kappa shape index (κ1) is 11.0. The molecule has 92 valence electrons. The highest BCUT2D eigenvalue weighted by molar-refractivity contribution is 5.77. The first-order chi connectivity index (χ1) is 8.83. The maximum Gasteiger partial charge on any atom is 0.246 e. The molecular formula is C13H13N3O2. The van der Waals surface area contributed by atoms with Gasteiger partial charge in [0.1, 0.15) is 0 Å². The molecule has 18 heavy (non-hydrogen) atoms. The number of hydrogen-bond donors (Lipinski definition) is 0. The molecule has 0 unspecified atom stereocenters. The Morgan fingerprint density at radius 1 is 1.28 bits per heavy atom. The molecule has 0 bridgehead atoms. The fourth-order valence-corrected chi connectivity index (χ4v) is 2.06. The lowest BCUT2D eigenvalue weighted by Crippen LogP contribution is -2.23. The van der Waals surface area contributed by atoms with Gasteiger partial charge in [-0.25, -0.2) is 0 Å². The number of benzene rings is 1. The molecule has 2 aromatic rings. The van der Waals surface area contributed by atoms with Crippen molar-refractivity contribution < 1.29 is 9.32 Å². The van der Waals surface area contributed by atoms with Crippen molar-refractivity contribution in [1.29, 1.82) is 0 Å². The van der Waals surface area contributed by atoms with E-state index in [-0.39, 0.29) is 5.91 Å². The van der Waals surface area contributed by atoms with Crippen LogP contribution in [0, 0.1) is 0 Å². The number of rotatable bonds is 3. The average Bonchev–Trinajstić information content (AvgIpc) is 3.02. The third kappa shape index (κ3) is 2.11. The van der Waals surface area contributed by atoms with Crippen LogP contribution in [-0.2, 0) is 11.3 Å². The molecule has 1 aromatic carbocycles. The molecule has 1 saturated heterocycles. The van der Waals surface area contributed by atoms with Crippen molar-refractivity contribution in [1.82, 2.24) is 15.0 Å². The zero-order valence-electron chi connectivity index (χ0n) is 9.87. The molecule has 0 atom stereocenters. The normalized spacial score (nSPS) is 15.3. The van der Waals surface area contributed by atoms with E-state index in [1.54, 1.807) is 4.90 Å². The number of nitrogens with zero attached hydrogens (tertiary/aromatic N) is 3. The minimum absolute atomic E-state index is 0.162. The zero-order chi connectivity index (χ0) is 12.4. The summed E-state index contributed by atoms with van der Waals surface area (Å²) in [5.74, 6) is 1.22. The topological polar surface area (TPSA) is 59.2 Å². The van der Waals surface area contributed by atoms with Crippen molar-refractivity contribution in [3.05, 3.63) is 36.2 Å². The summed E-state index contributed by atoms with van der Waals surface area (Å²) in [6.07, 6.45) is 1.54. The van der Waals surface area contributed by atoms with Crippen molar-refractivity contribution in [3.63, 3.8) is 0 Å². The van der Waals surface area contributed by atoms with Crippen molar-refractivity contribution in [2.75, 3.05) is 6.54 Å². The molecule has 1 aliphatic heterocycles. The highest BCUT2D eigenvalue weighted by atomic mass is 16.5. The van der Waals surface area contributed by atoms with Crippen LogP contribution in [0.15, 0.2) is 34.9 Å². The minimum atomic E-state index is 0.162. The van der Waals surface area contributed by atoms with Gasteiger partial charge in [-0.3, -0.25) is 4.79 Å². The number of carbonyl (C=O) groups excluding carboxylic acids is 1. The maximum absolute atomic E-state index is 11.5. The van der Waals surface area contributed by atoms with Gasteiger partial charge < -0.3 is 9.42 Å². The summed E-state index contributed by atoms with van der Waals surface area (Å²) < 4.78 is 5.17. The second kappa shape index (κ2) is 4.60. The summed E-state index contributed by atoms with van der Waals surface area (Å²) in [6, 6.07) is 9.64. The number of carbonyl (C=O) groups is 1. The Labute approximate surface area is 104 Å². The average molecular weight is 243 g/mol. The van der Waals surface area contributed by atoms with Crippen LogP contribution in [0.5, 0.6) is 0 Å². The predicted octanol–water partition coefficient (Wildman–Crippen LogP) is 1.86. The van der Waals surface area contributed by atoms with Gasteiger partial charge in [0.05, 0.1) is 6.54 Å². The Morgan fingerprint density at radius 3 is 2.83 bits per heavy atom. The largest absolute Gasteiger partial charge is 0.337 e. The first-order valence-corrected chi connectivity index (χ1v) is 5.99. The van der Waals surface area contributed by atoms with E-state index >= 15 is 0 Å². The minimum Gasteiger partial charge on any atom is -0.337 e. The first-order valence-electron chi connectivity index (χ1n) is 5.99. The summed E-state index contributed by atoms with van der Waals surface area (Å²) in [5, 5.41) is 3.93. The van der Waals surface area contributed by atoms with Gasteiger partial charge >= 0.3 is 0 Å². The molecule has 0 saturated carbocycles. The molecule has 1 fully saturated rings. The van der Waals surface area contributed by atoms with Crippen LogP contribution in [0.25, 0.3) is 11.4 Å². The second-order valence-electron chi connectivity index (χ2n) is 4.30. The number of likely N-dealkylation sites (tertiary alicyclic amines) is 1. The maximum atomic E-state index is 11.5. The lowest BCUT2D eigenvalue weighted by molar-refractivity contribution is -0.128. The molecule has 5 nitrogen and oxygen atoms in total. The Kier molecular flexibility index (Phi) is 2.80. The molecule has 1 aliphatic rings. The SMILES string of the molecule is O=C1CCCN1Cc1nc(-c2ccccc2)no1. The summed E-state index contributed by atoms with van der Waals surface area (Å²) in [7, 11) is 0. The van der Waals surface area contributed by atoms with Crippen molar-refractivity contribution in [2.45, 2.75) is 19.4 Å². The van der Waals surface area contributed by atoms with E-state index in [1.807, 2.05) is 30.3 Å². The van der Waals surface area contributed by atoms with Crippen molar-refractivity contribution >= 4 is 5.91 Å². The number of hydrogen-bond acceptors (Lipinski definition) is 4. The van der Waals surface area contributed by atoms with Crippen molar-refractivity contribution in [3.8, 4) is 11.4 Å². The van der Waals surface area contributed by atoms with E-state index in [0.717, 1.165) is 18.5 Å². The van der Waals surface area contributed by atoms with Crippen LogP contribution in [-0.4, -0.2) is 27.5 Å². The molecular weight excluding hydrogens is 230 g/mol. The van der Waals surface area contributed by atoms with E-state index in [4.69, 9.17) is 4.52 Å². The van der Waals surface area contributed by atoms with Crippen LogP contribution in [0.3, 0.4) is 0 Å². The molecule has 1 amide bonds. The summed E-state index contributed by atoms with van der Waals surface area (Å²) in [5.41, 5.74) is 0.917. The lowest BCUT2D eigenvalue weighted by Gasteiger charge is -2.11. The van der Waals surface area contributed by atoms with Gasteiger partial charge in [-0.05, 0) is 6.42 Å². The fraction of sp³-hybridized carbons (Fsp3) is 0.308. The van der Waals surface area contributed by atoms with Crippen LogP contribution in [0.1, 0.15) is 18.7 Å².